The van der Waals surface area contributed by atoms with E-state index in [4.69, 9.17) is 5.11 Å². The maximum absolute atomic E-state index is 13.2. The van der Waals surface area contributed by atoms with E-state index in [2.05, 4.69) is 4.74 Å². The van der Waals surface area contributed by atoms with Crippen LogP contribution in [0.5, 0.6) is 5.75 Å². The van der Waals surface area contributed by atoms with Gasteiger partial charge in [-0.15, -0.1) is 0 Å². The summed E-state index contributed by atoms with van der Waals surface area (Å²) in [6.07, 6.45) is -0.363. The zero-order chi connectivity index (χ0) is 12.3. The van der Waals surface area contributed by atoms with Crippen molar-refractivity contribution >= 4 is 5.97 Å². The molecular weight excluding hydrogens is 225 g/mol. The standard InChI is InChI=1S/C10H9F3O3/c1-5-2-8(16-10(12)13)7(11)3-6(5)4-9(14)15/h2-3,10H,4H2,1H3,(H,14,15). The molecule has 3 nitrogen and oxygen atoms in total. The van der Waals surface area contributed by atoms with Gasteiger partial charge in [-0.2, -0.15) is 8.78 Å². The highest BCUT2D eigenvalue weighted by atomic mass is 19.3. The number of hydrogen-bond donors (Lipinski definition) is 1. The summed E-state index contributed by atoms with van der Waals surface area (Å²) >= 11 is 0. The molecule has 0 atom stereocenters. The highest BCUT2D eigenvalue weighted by Crippen LogP contribution is 2.24. The molecule has 1 aromatic carbocycles. The van der Waals surface area contributed by atoms with Crippen molar-refractivity contribution in [2.24, 2.45) is 0 Å². The number of ether oxygens (including phenoxy) is 1. The summed E-state index contributed by atoms with van der Waals surface area (Å²) in [5, 5.41) is 8.52. The van der Waals surface area contributed by atoms with Gasteiger partial charge in [0.2, 0.25) is 0 Å². The quantitative estimate of drug-likeness (QED) is 0.869. The summed E-state index contributed by atoms with van der Waals surface area (Å²) in [5.41, 5.74) is 0.617. The Balaban J connectivity index is 3.01. The van der Waals surface area contributed by atoms with Crippen molar-refractivity contribution in [2.75, 3.05) is 0 Å². The molecule has 0 fully saturated rings. The van der Waals surface area contributed by atoms with Gasteiger partial charge in [-0.25, -0.2) is 4.39 Å². The van der Waals surface area contributed by atoms with Crippen LogP contribution in [0.15, 0.2) is 12.1 Å². The normalized spacial score (nSPS) is 10.6. The zero-order valence-electron chi connectivity index (χ0n) is 8.34. The van der Waals surface area contributed by atoms with Gasteiger partial charge in [0.1, 0.15) is 0 Å². The van der Waals surface area contributed by atoms with Crippen molar-refractivity contribution in [3.63, 3.8) is 0 Å². The van der Waals surface area contributed by atoms with E-state index in [0.29, 0.717) is 5.56 Å². The first kappa shape index (κ1) is 12.4. The van der Waals surface area contributed by atoms with Crippen LogP contribution in [0.25, 0.3) is 0 Å². The van der Waals surface area contributed by atoms with E-state index in [0.717, 1.165) is 12.1 Å². The Hall–Kier alpha value is -1.72. The molecule has 0 bridgehead atoms. The summed E-state index contributed by atoms with van der Waals surface area (Å²) in [4.78, 5) is 10.4. The van der Waals surface area contributed by atoms with Crippen molar-refractivity contribution in [3.05, 3.63) is 29.1 Å². The fraction of sp³-hybridized carbons (Fsp3) is 0.300. The third-order valence-corrected chi connectivity index (χ3v) is 1.95. The van der Waals surface area contributed by atoms with Gasteiger partial charge in [-0.05, 0) is 30.2 Å². The summed E-state index contributed by atoms with van der Waals surface area (Å²) in [6, 6.07) is 1.95. The van der Waals surface area contributed by atoms with E-state index < -0.39 is 24.1 Å². The van der Waals surface area contributed by atoms with Crippen LogP contribution in [-0.2, 0) is 11.2 Å². The van der Waals surface area contributed by atoms with E-state index in [9.17, 15) is 18.0 Å². The van der Waals surface area contributed by atoms with Crippen molar-refractivity contribution in [1.82, 2.24) is 0 Å². The summed E-state index contributed by atoms with van der Waals surface area (Å²) in [6.45, 7) is -1.62. The van der Waals surface area contributed by atoms with Crippen LogP contribution in [-0.4, -0.2) is 17.7 Å². The average molecular weight is 234 g/mol. The lowest BCUT2D eigenvalue weighted by Crippen LogP contribution is -2.07. The number of aliphatic carboxylic acids is 1. The van der Waals surface area contributed by atoms with Gasteiger partial charge in [0, 0.05) is 0 Å². The van der Waals surface area contributed by atoms with E-state index in [1.807, 2.05) is 0 Å². The molecule has 0 amide bonds. The molecule has 0 radical (unpaired) electrons. The minimum atomic E-state index is -3.11. The summed E-state index contributed by atoms with van der Waals surface area (Å²) in [5.74, 6) is -2.70. The molecule has 6 heteroatoms. The predicted molar refractivity (Wildman–Crippen MR) is 49.1 cm³/mol. The summed E-state index contributed by atoms with van der Waals surface area (Å²) in [7, 11) is 0. The van der Waals surface area contributed by atoms with E-state index in [-0.39, 0.29) is 12.0 Å². The molecule has 0 aliphatic rings. The molecular formula is C10H9F3O3. The van der Waals surface area contributed by atoms with Gasteiger partial charge in [-0.1, -0.05) is 0 Å². The van der Waals surface area contributed by atoms with E-state index >= 15 is 0 Å². The van der Waals surface area contributed by atoms with Crippen LogP contribution in [0.1, 0.15) is 11.1 Å². The van der Waals surface area contributed by atoms with Gasteiger partial charge in [-0.3, -0.25) is 4.79 Å². The van der Waals surface area contributed by atoms with E-state index in [1.165, 1.54) is 6.92 Å². The van der Waals surface area contributed by atoms with Crippen LogP contribution in [0.4, 0.5) is 13.2 Å². The Labute approximate surface area is 89.5 Å². The van der Waals surface area contributed by atoms with Crippen molar-refractivity contribution < 1.29 is 27.8 Å². The van der Waals surface area contributed by atoms with Crippen LogP contribution >= 0.6 is 0 Å². The molecule has 0 aliphatic heterocycles. The fourth-order valence-electron chi connectivity index (χ4n) is 1.24. The number of benzene rings is 1. The lowest BCUT2D eigenvalue weighted by atomic mass is 10.1. The molecule has 1 rings (SSSR count). The van der Waals surface area contributed by atoms with Crippen LogP contribution < -0.4 is 4.74 Å². The fourth-order valence-corrected chi connectivity index (χ4v) is 1.24. The van der Waals surface area contributed by atoms with Crippen molar-refractivity contribution in [1.29, 1.82) is 0 Å². The number of rotatable bonds is 4. The minimum Gasteiger partial charge on any atom is -0.481 e. The lowest BCUT2D eigenvalue weighted by molar-refractivity contribution is -0.136. The van der Waals surface area contributed by atoms with E-state index in [1.54, 1.807) is 0 Å². The predicted octanol–water partition coefficient (Wildman–Crippen LogP) is 2.36. The zero-order valence-corrected chi connectivity index (χ0v) is 8.34. The second-order valence-corrected chi connectivity index (χ2v) is 3.16. The number of halogens is 3. The summed E-state index contributed by atoms with van der Waals surface area (Å²) < 4.78 is 40.8. The first-order valence-corrected chi connectivity index (χ1v) is 4.35. The average Bonchev–Trinajstić information content (AvgIpc) is 2.11. The van der Waals surface area contributed by atoms with Gasteiger partial charge in [0.25, 0.3) is 0 Å². The molecule has 0 spiro atoms. The molecule has 0 aliphatic carbocycles. The SMILES string of the molecule is Cc1cc(OC(F)F)c(F)cc1CC(=O)O. The Bertz CT molecular complexity index is 405. The minimum absolute atomic E-state index is 0.228. The number of carboxylic acid groups (broad SMARTS) is 1. The smallest absolute Gasteiger partial charge is 0.387 e. The Morgan fingerprint density at radius 2 is 2.12 bits per heavy atom. The molecule has 0 heterocycles. The van der Waals surface area contributed by atoms with Crippen molar-refractivity contribution in [2.45, 2.75) is 20.0 Å². The lowest BCUT2D eigenvalue weighted by Gasteiger charge is -2.09. The van der Waals surface area contributed by atoms with Crippen molar-refractivity contribution in [3.8, 4) is 5.75 Å². The maximum Gasteiger partial charge on any atom is 0.387 e. The monoisotopic (exact) mass is 234 g/mol. The number of aryl methyl sites for hydroxylation is 1. The van der Waals surface area contributed by atoms with Crippen LogP contribution in [0, 0.1) is 12.7 Å². The number of alkyl halides is 2. The number of carboxylic acids is 1. The number of carbonyl (C=O) groups is 1. The maximum atomic E-state index is 13.2. The number of hydrogen-bond acceptors (Lipinski definition) is 2. The Morgan fingerprint density at radius 1 is 1.50 bits per heavy atom. The highest BCUT2D eigenvalue weighted by Gasteiger charge is 2.13. The molecule has 1 N–H and O–H groups in total. The second kappa shape index (κ2) is 4.87. The van der Waals surface area contributed by atoms with Gasteiger partial charge in [0.15, 0.2) is 11.6 Å². The molecule has 0 aromatic heterocycles. The van der Waals surface area contributed by atoms with Crippen LogP contribution in [0.3, 0.4) is 0 Å². The first-order valence-electron chi connectivity index (χ1n) is 4.35. The molecule has 0 saturated carbocycles. The largest absolute Gasteiger partial charge is 0.481 e. The third-order valence-electron chi connectivity index (χ3n) is 1.95. The topological polar surface area (TPSA) is 46.5 Å². The molecule has 16 heavy (non-hydrogen) atoms. The highest BCUT2D eigenvalue weighted by molar-refractivity contribution is 5.70. The van der Waals surface area contributed by atoms with Gasteiger partial charge < -0.3 is 9.84 Å². The first-order chi connectivity index (χ1) is 7.40. The molecule has 0 saturated heterocycles. The Kier molecular flexibility index (Phi) is 3.76. The van der Waals surface area contributed by atoms with Gasteiger partial charge >= 0.3 is 12.6 Å². The molecule has 1 aromatic rings. The molecule has 88 valence electrons. The molecule has 0 unspecified atom stereocenters. The Morgan fingerprint density at radius 3 is 2.62 bits per heavy atom. The second-order valence-electron chi connectivity index (χ2n) is 3.16. The van der Waals surface area contributed by atoms with Crippen LogP contribution in [0.2, 0.25) is 0 Å². The van der Waals surface area contributed by atoms with Gasteiger partial charge in [0.05, 0.1) is 6.42 Å². The third kappa shape index (κ3) is 3.15.